The molecule has 1 atom stereocenters. The van der Waals surface area contributed by atoms with Crippen molar-refractivity contribution in [3.63, 3.8) is 0 Å². The van der Waals surface area contributed by atoms with Gasteiger partial charge in [0.1, 0.15) is 5.76 Å². The molecule has 1 aliphatic carbocycles. The van der Waals surface area contributed by atoms with Crippen molar-refractivity contribution in [3.05, 3.63) is 29.3 Å². The Morgan fingerprint density at radius 1 is 1.30 bits per heavy atom. The summed E-state index contributed by atoms with van der Waals surface area (Å²) in [7, 11) is 2.13. The largest absolute Gasteiger partial charge is 0.424 e. The van der Waals surface area contributed by atoms with E-state index in [1.54, 1.807) is 0 Å². The second kappa shape index (κ2) is 6.05. The zero-order valence-electron chi connectivity index (χ0n) is 13.7. The average Bonchev–Trinajstić information content (AvgIpc) is 2.93. The molecular weight excluding hydrogens is 294 g/mol. The van der Waals surface area contributed by atoms with Crippen LogP contribution in [0.25, 0.3) is 0 Å². The fourth-order valence-corrected chi connectivity index (χ4v) is 3.21. The molecule has 1 aliphatic heterocycles. The third-order valence-electron chi connectivity index (χ3n) is 4.73. The van der Waals surface area contributed by atoms with Gasteiger partial charge in [-0.1, -0.05) is 5.16 Å². The van der Waals surface area contributed by atoms with Crippen LogP contribution in [0.15, 0.2) is 15.0 Å². The molecule has 0 amide bonds. The van der Waals surface area contributed by atoms with Crippen molar-refractivity contribution < 1.29 is 8.94 Å². The molecule has 0 bridgehead atoms. The highest BCUT2D eigenvalue weighted by Crippen LogP contribution is 2.39. The predicted molar refractivity (Wildman–Crippen MR) is 82.7 cm³/mol. The summed E-state index contributed by atoms with van der Waals surface area (Å²) >= 11 is 0. The number of aromatic nitrogens is 3. The quantitative estimate of drug-likeness (QED) is 0.806. The summed E-state index contributed by atoms with van der Waals surface area (Å²) in [6, 6.07) is 2.52. The average molecular weight is 317 g/mol. The lowest BCUT2D eigenvalue weighted by Gasteiger charge is -2.22. The van der Waals surface area contributed by atoms with E-state index in [4.69, 9.17) is 8.94 Å². The van der Waals surface area contributed by atoms with Crippen molar-refractivity contribution in [1.82, 2.24) is 25.2 Å². The molecule has 0 radical (unpaired) electrons. The normalized spacial score (nSPS) is 22.3. The van der Waals surface area contributed by atoms with Crippen LogP contribution in [0.4, 0.5) is 0 Å². The minimum atomic E-state index is 0.513. The molecule has 2 aromatic heterocycles. The Labute approximate surface area is 135 Å². The van der Waals surface area contributed by atoms with Crippen molar-refractivity contribution in [1.29, 1.82) is 0 Å². The molecule has 0 unspecified atom stereocenters. The van der Waals surface area contributed by atoms with Gasteiger partial charge in [-0.15, -0.1) is 10.2 Å². The van der Waals surface area contributed by atoms with Gasteiger partial charge >= 0.3 is 0 Å². The first-order valence-corrected chi connectivity index (χ1v) is 8.34. The van der Waals surface area contributed by atoms with E-state index in [9.17, 15) is 0 Å². The molecule has 7 heteroatoms. The first-order chi connectivity index (χ1) is 11.2. The lowest BCUT2D eigenvalue weighted by molar-refractivity contribution is 0.202. The molecule has 2 aliphatic rings. The summed E-state index contributed by atoms with van der Waals surface area (Å²) in [6.45, 7) is 5.62. The molecule has 4 rings (SSSR count). The SMILES string of the molecule is Cc1cc(CN2CC[C@H](N(C)Cc3nnc(C4CC4)o3)C2)no1. The standard InChI is InChI=1S/C16H23N5O2/c1-11-7-13(19-23-11)8-21-6-5-14(9-21)20(2)10-15-17-18-16(22-15)12-3-4-12/h7,12,14H,3-6,8-10H2,1-2H3/t14-/m0/s1. The van der Waals surface area contributed by atoms with Crippen LogP contribution in [-0.4, -0.2) is 51.3 Å². The Bertz CT molecular complexity index is 663. The van der Waals surface area contributed by atoms with Gasteiger partial charge in [0.2, 0.25) is 11.8 Å². The van der Waals surface area contributed by atoms with E-state index in [-0.39, 0.29) is 0 Å². The van der Waals surface area contributed by atoms with Crippen LogP contribution in [0.1, 0.15) is 48.4 Å². The van der Waals surface area contributed by atoms with E-state index >= 15 is 0 Å². The van der Waals surface area contributed by atoms with E-state index in [0.717, 1.165) is 55.8 Å². The topological polar surface area (TPSA) is 71.4 Å². The minimum absolute atomic E-state index is 0.513. The Hall–Kier alpha value is -1.73. The Kier molecular flexibility index (Phi) is 3.90. The molecule has 2 aromatic rings. The molecule has 2 fully saturated rings. The van der Waals surface area contributed by atoms with Gasteiger partial charge in [-0.2, -0.15) is 0 Å². The van der Waals surface area contributed by atoms with Crippen LogP contribution in [0, 0.1) is 6.92 Å². The van der Waals surface area contributed by atoms with Crippen LogP contribution < -0.4 is 0 Å². The van der Waals surface area contributed by atoms with Gasteiger partial charge in [-0.05, 0) is 33.2 Å². The summed E-state index contributed by atoms with van der Waals surface area (Å²) in [4.78, 5) is 4.74. The smallest absolute Gasteiger partial charge is 0.230 e. The summed E-state index contributed by atoms with van der Waals surface area (Å²) in [5, 5.41) is 12.4. The van der Waals surface area contributed by atoms with Crippen molar-refractivity contribution in [3.8, 4) is 0 Å². The number of likely N-dealkylation sites (tertiary alicyclic amines) is 1. The maximum Gasteiger partial charge on any atom is 0.230 e. The van der Waals surface area contributed by atoms with Crippen LogP contribution in [0.3, 0.4) is 0 Å². The molecule has 23 heavy (non-hydrogen) atoms. The maximum atomic E-state index is 5.76. The minimum Gasteiger partial charge on any atom is -0.424 e. The number of aryl methyl sites for hydroxylation is 1. The third kappa shape index (κ3) is 3.45. The summed E-state index contributed by atoms with van der Waals surface area (Å²) in [6.07, 6.45) is 3.53. The van der Waals surface area contributed by atoms with E-state index in [0.29, 0.717) is 12.0 Å². The lowest BCUT2D eigenvalue weighted by atomic mass is 10.2. The molecule has 0 aromatic carbocycles. The summed E-state index contributed by atoms with van der Waals surface area (Å²) in [5.74, 6) is 2.95. The first kappa shape index (κ1) is 14.8. The zero-order chi connectivity index (χ0) is 15.8. The van der Waals surface area contributed by atoms with Crippen LogP contribution >= 0.6 is 0 Å². The molecule has 0 N–H and O–H groups in total. The van der Waals surface area contributed by atoms with Crippen LogP contribution in [0.5, 0.6) is 0 Å². The third-order valence-corrected chi connectivity index (χ3v) is 4.73. The van der Waals surface area contributed by atoms with Crippen molar-refractivity contribution in [2.75, 3.05) is 20.1 Å². The molecule has 1 saturated carbocycles. The lowest BCUT2D eigenvalue weighted by Crippen LogP contribution is -2.34. The van der Waals surface area contributed by atoms with E-state index in [1.807, 2.05) is 13.0 Å². The van der Waals surface area contributed by atoms with Crippen LogP contribution in [0.2, 0.25) is 0 Å². The second-order valence-corrected chi connectivity index (χ2v) is 6.83. The highest BCUT2D eigenvalue weighted by atomic mass is 16.5. The summed E-state index contributed by atoms with van der Waals surface area (Å²) < 4.78 is 10.9. The summed E-state index contributed by atoms with van der Waals surface area (Å²) in [5.41, 5.74) is 1.01. The number of hydrogen-bond acceptors (Lipinski definition) is 7. The van der Waals surface area contributed by atoms with Gasteiger partial charge in [0.15, 0.2) is 0 Å². The van der Waals surface area contributed by atoms with E-state index in [2.05, 4.69) is 32.2 Å². The van der Waals surface area contributed by atoms with Crippen molar-refractivity contribution >= 4 is 0 Å². The van der Waals surface area contributed by atoms with Gasteiger partial charge in [-0.25, -0.2) is 0 Å². The van der Waals surface area contributed by atoms with E-state index in [1.165, 1.54) is 12.8 Å². The molecule has 7 nitrogen and oxygen atoms in total. The fraction of sp³-hybridized carbons (Fsp3) is 0.688. The number of nitrogens with zero attached hydrogens (tertiary/aromatic N) is 5. The zero-order valence-corrected chi connectivity index (χ0v) is 13.7. The highest BCUT2D eigenvalue weighted by Gasteiger charge is 2.30. The second-order valence-electron chi connectivity index (χ2n) is 6.83. The molecule has 124 valence electrons. The molecule has 1 saturated heterocycles. The van der Waals surface area contributed by atoms with Gasteiger partial charge in [-0.3, -0.25) is 9.80 Å². The van der Waals surface area contributed by atoms with Crippen molar-refractivity contribution in [2.45, 2.75) is 51.2 Å². The van der Waals surface area contributed by atoms with Gasteiger partial charge in [0, 0.05) is 37.7 Å². The molecule has 3 heterocycles. The van der Waals surface area contributed by atoms with E-state index < -0.39 is 0 Å². The van der Waals surface area contributed by atoms with Gasteiger partial charge < -0.3 is 8.94 Å². The first-order valence-electron chi connectivity index (χ1n) is 8.34. The number of rotatable bonds is 6. The predicted octanol–water partition coefficient (Wildman–Crippen LogP) is 1.95. The van der Waals surface area contributed by atoms with Gasteiger partial charge in [0.25, 0.3) is 0 Å². The molecular formula is C16H23N5O2. The Balaban J connectivity index is 1.29. The fourth-order valence-electron chi connectivity index (χ4n) is 3.21. The Morgan fingerprint density at radius 3 is 2.91 bits per heavy atom. The number of hydrogen-bond donors (Lipinski definition) is 0. The van der Waals surface area contributed by atoms with Crippen molar-refractivity contribution in [2.24, 2.45) is 0 Å². The maximum absolute atomic E-state index is 5.76. The number of likely N-dealkylation sites (N-methyl/N-ethyl adjacent to an activating group) is 1. The van der Waals surface area contributed by atoms with Crippen LogP contribution in [-0.2, 0) is 13.1 Å². The monoisotopic (exact) mass is 317 g/mol. The molecule has 0 spiro atoms. The van der Waals surface area contributed by atoms with Gasteiger partial charge in [0.05, 0.1) is 12.2 Å². The highest BCUT2D eigenvalue weighted by molar-refractivity contribution is 5.04. The Morgan fingerprint density at radius 2 is 2.17 bits per heavy atom.